The molecule has 10 heteroatoms. The van der Waals surface area contributed by atoms with Gasteiger partial charge in [0, 0.05) is 22.9 Å². The zero-order valence-corrected chi connectivity index (χ0v) is 18.4. The molecule has 31 heavy (non-hydrogen) atoms. The number of carbonyl (C=O) groups is 2. The molecule has 2 aromatic carbocycles. The number of hydrogen-bond donors (Lipinski definition) is 2. The summed E-state index contributed by atoms with van der Waals surface area (Å²) in [5, 5.41) is 17.0. The average Bonchev–Trinajstić information content (AvgIpc) is 3.28. The highest BCUT2D eigenvalue weighted by Crippen LogP contribution is 2.30. The third-order valence-electron chi connectivity index (χ3n) is 4.85. The van der Waals surface area contributed by atoms with Crippen molar-refractivity contribution < 1.29 is 14.3 Å². The van der Waals surface area contributed by atoms with Crippen LogP contribution in [0.25, 0.3) is 5.69 Å². The smallest absolute Gasteiger partial charge is 0.259 e. The first-order valence-electron chi connectivity index (χ1n) is 9.59. The van der Waals surface area contributed by atoms with E-state index in [0.717, 1.165) is 6.42 Å². The molecule has 9 nitrogen and oxygen atoms in total. The van der Waals surface area contributed by atoms with Gasteiger partial charge in [0.15, 0.2) is 0 Å². The number of carbonyl (C=O) groups excluding carboxylic acids is 2. The molecule has 0 saturated heterocycles. The number of hydrogen-bond acceptors (Lipinski definition) is 6. The molecular formula is C21H23ClN6O3. The minimum atomic E-state index is -0.411. The summed E-state index contributed by atoms with van der Waals surface area (Å²) in [5.74, 6) is -0.270. The molecule has 3 rings (SSSR count). The van der Waals surface area contributed by atoms with Crippen molar-refractivity contribution in [2.45, 2.75) is 32.7 Å². The number of ether oxygens (including phenoxy) is 1. The molecule has 0 unspecified atom stereocenters. The summed E-state index contributed by atoms with van der Waals surface area (Å²) in [5.41, 5.74) is 1.46. The molecule has 0 aliphatic rings. The van der Waals surface area contributed by atoms with Crippen molar-refractivity contribution in [1.82, 2.24) is 25.5 Å². The topological polar surface area (TPSA) is 111 Å². The number of benzene rings is 2. The summed E-state index contributed by atoms with van der Waals surface area (Å²) in [6.07, 6.45) is 2.20. The fourth-order valence-corrected chi connectivity index (χ4v) is 2.96. The Morgan fingerprint density at radius 1 is 1.16 bits per heavy atom. The summed E-state index contributed by atoms with van der Waals surface area (Å²) < 4.78 is 6.72. The van der Waals surface area contributed by atoms with Crippen LogP contribution in [0, 0.1) is 0 Å². The Bertz CT molecular complexity index is 1080. The number of halogens is 1. The Labute approximate surface area is 184 Å². The van der Waals surface area contributed by atoms with Gasteiger partial charge in [-0.2, -0.15) is 4.68 Å². The number of rotatable bonds is 7. The third-order valence-corrected chi connectivity index (χ3v) is 5.15. The fourth-order valence-electron chi connectivity index (χ4n) is 2.71. The molecule has 0 saturated carbocycles. The van der Waals surface area contributed by atoms with Crippen molar-refractivity contribution in [3.8, 4) is 11.4 Å². The van der Waals surface area contributed by atoms with E-state index < -0.39 is 5.91 Å². The van der Waals surface area contributed by atoms with Crippen molar-refractivity contribution >= 4 is 29.1 Å². The van der Waals surface area contributed by atoms with E-state index in [1.54, 1.807) is 30.3 Å². The normalized spacial score (nSPS) is 11.1. The van der Waals surface area contributed by atoms with E-state index in [9.17, 15) is 9.59 Å². The maximum atomic E-state index is 12.8. The Balaban J connectivity index is 1.77. The molecule has 1 aromatic heterocycles. The summed E-state index contributed by atoms with van der Waals surface area (Å²) in [7, 11) is 1.45. The number of amides is 2. The van der Waals surface area contributed by atoms with Gasteiger partial charge in [-0.15, -0.1) is 5.10 Å². The third kappa shape index (κ3) is 5.18. The van der Waals surface area contributed by atoms with Crippen molar-refractivity contribution in [2.75, 3.05) is 12.4 Å². The molecule has 0 atom stereocenters. The van der Waals surface area contributed by atoms with Gasteiger partial charge in [0.25, 0.3) is 11.8 Å². The molecule has 1 heterocycles. The van der Waals surface area contributed by atoms with E-state index in [0.29, 0.717) is 22.7 Å². The SMILES string of the molecule is CCC(C)(C)NC(=O)c1ccc(NC(=O)c2cc(Cl)c(-n3cnnn3)cc2OC)cc1. The van der Waals surface area contributed by atoms with Crippen LogP contribution in [-0.4, -0.2) is 44.7 Å². The van der Waals surface area contributed by atoms with E-state index in [2.05, 4.69) is 26.2 Å². The molecule has 0 radical (unpaired) electrons. The number of aromatic nitrogens is 4. The van der Waals surface area contributed by atoms with Crippen molar-refractivity contribution in [2.24, 2.45) is 0 Å². The van der Waals surface area contributed by atoms with Crippen LogP contribution < -0.4 is 15.4 Å². The van der Waals surface area contributed by atoms with E-state index in [1.807, 2.05) is 20.8 Å². The van der Waals surface area contributed by atoms with Crippen LogP contribution >= 0.6 is 11.6 Å². The largest absolute Gasteiger partial charge is 0.496 e. The molecule has 0 aliphatic heterocycles. The van der Waals surface area contributed by atoms with Gasteiger partial charge < -0.3 is 15.4 Å². The molecule has 3 aromatic rings. The number of anilines is 1. The lowest BCUT2D eigenvalue weighted by molar-refractivity contribution is 0.0910. The first kappa shape index (κ1) is 22.2. The van der Waals surface area contributed by atoms with Gasteiger partial charge in [0.2, 0.25) is 0 Å². The second kappa shape index (κ2) is 9.13. The highest BCUT2D eigenvalue weighted by molar-refractivity contribution is 6.33. The predicted octanol–water partition coefficient (Wildman–Crippen LogP) is 3.50. The van der Waals surface area contributed by atoms with Crippen molar-refractivity contribution in [1.29, 1.82) is 0 Å². The van der Waals surface area contributed by atoms with Crippen LogP contribution in [0.2, 0.25) is 5.02 Å². The Kier molecular flexibility index (Phi) is 6.55. The van der Waals surface area contributed by atoms with Crippen LogP contribution in [0.1, 0.15) is 47.9 Å². The van der Waals surface area contributed by atoms with E-state index in [4.69, 9.17) is 16.3 Å². The Hall–Kier alpha value is -3.46. The molecule has 0 spiro atoms. The first-order valence-corrected chi connectivity index (χ1v) is 9.96. The van der Waals surface area contributed by atoms with Gasteiger partial charge >= 0.3 is 0 Å². The molecule has 0 bridgehead atoms. The quantitative estimate of drug-likeness (QED) is 0.579. The number of tetrazole rings is 1. The molecule has 0 aliphatic carbocycles. The summed E-state index contributed by atoms with van der Waals surface area (Å²) in [4.78, 5) is 25.2. The molecule has 2 N–H and O–H groups in total. The standard InChI is InChI=1S/C21H23ClN6O3/c1-5-21(2,3)25-19(29)13-6-8-14(9-7-13)24-20(30)15-10-16(22)17(11-18(15)31-4)28-12-23-26-27-28/h6-12H,5H2,1-4H3,(H,24,30)(H,25,29). The molecule has 162 valence electrons. The maximum Gasteiger partial charge on any atom is 0.259 e. The zero-order valence-electron chi connectivity index (χ0n) is 17.6. The van der Waals surface area contributed by atoms with E-state index in [-0.39, 0.29) is 22.0 Å². The van der Waals surface area contributed by atoms with Gasteiger partial charge in [-0.1, -0.05) is 18.5 Å². The molecular weight excluding hydrogens is 420 g/mol. The van der Waals surface area contributed by atoms with Gasteiger partial charge in [-0.05, 0) is 61.0 Å². The number of methoxy groups -OCH3 is 1. The summed E-state index contributed by atoms with van der Waals surface area (Å²) >= 11 is 6.32. The number of nitrogens with one attached hydrogen (secondary N) is 2. The highest BCUT2D eigenvalue weighted by Gasteiger charge is 2.20. The van der Waals surface area contributed by atoms with Crippen molar-refractivity contribution in [3.63, 3.8) is 0 Å². The van der Waals surface area contributed by atoms with Crippen LogP contribution in [0.3, 0.4) is 0 Å². The monoisotopic (exact) mass is 442 g/mol. The fraction of sp³-hybridized carbons (Fsp3) is 0.286. The molecule has 2 amide bonds. The average molecular weight is 443 g/mol. The van der Waals surface area contributed by atoms with Crippen molar-refractivity contribution in [3.05, 3.63) is 58.9 Å². The molecule has 0 fully saturated rings. The second-order valence-electron chi connectivity index (χ2n) is 7.48. The van der Waals surface area contributed by atoms with E-state index in [1.165, 1.54) is 24.2 Å². The summed E-state index contributed by atoms with van der Waals surface area (Å²) in [6, 6.07) is 9.70. The lowest BCUT2D eigenvalue weighted by atomic mass is 10.0. The van der Waals surface area contributed by atoms with Crippen LogP contribution in [0.4, 0.5) is 5.69 Å². The lowest BCUT2D eigenvalue weighted by Gasteiger charge is -2.24. The summed E-state index contributed by atoms with van der Waals surface area (Å²) in [6.45, 7) is 5.93. The predicted molar refractivity (Wildman–Crippen MR) is 117 cm³/mol. The Morgan fingerprint density at radius 3 is 2.45 bits per heavy atom. The minimum absolute atomic E-state index is 0.170. The van der Waals surface area contributed by atoms with Crippen LogP contribution in [0.15, 0.2) is 42.7 Å². The van der Waals surface area contributed by atoms with Gasteiger partial charge in [-0.3, -0.25) is 9.59 Å². The van der Waals surface area contributed by atoms with Gasteiger partial charge in [0.05, 0.1) is 23.4 Å². The van der Waals surface area contributed by atoms with E-state index >= 15 is 0 Å². The minimum Gasteiger partial charge on any atom is -0.496 e. The number of nitrogens with zero attached hydrogens (tertiary/aromatic N) is 4. The maximum absolute atomic E-state index is 12.8. The van der Waals surface area contributed by atoms with Crippen LogP contribution in [0.5, 0.6) is 5.75 Å². The van der Waals surface area contributed by atoms with Gasteiger partial charge in [0.1, 0.15) is 12.1 Å². The Morgan fingerprint density at radius 2 is 1.87 bits per heavy atom. The first-order chi connectivity index (χ1) is 14.7. The lowest BCUT2D eigenvalue weighted by Crippen LogP contribution is -2.42. The zero-order chi connectivity index (χ0) is 22.6. The highest BCUT2D eigenvalue weighted by atomic mass is 35.5. The second-order valence-corrected chi connectivity index (χ2v) is 7.89. The van der Waals surface area contributed by atoms with Gasteiger partial charge in [-0.25, -0.2) is 0 Å². The van der Waals surface area contributed by atoms with Crippen LogP contribution in [-0.2, 0) is 0 Å².